The third-order valence-corrected chi connectivity index (χ3v) is 6.71. The number of nitrogens with zero attached hydrogens (tertiary/aromatic N) is 2. The zero-order valence-corrected chi connectivity index (χ0v) is 18.8. The third kappa shape index (κ3) is 3.97. The van der Waals surface area contributed by atoms with Gasteiger partial charge in [-0.25, -0.2) is 9.97 Å². The number of oxazole rings is 1. The van der Waals surface area contributed by atoms with Crippen molar-refractivity contribution in [3.63, 3.8) is 0 Å². The molecule has 0 aliphatic carbocycles. The summed E-state index contributed by atoms with van der Waals surface area (Å²) in [5, 5.41) is 1.06. The molecule has 2 heterocycles. The maximum Gasteiger partial charge on any atom is 0.227 e. The molecular weight excluding hydrogens is 424 g/mol. The second-order valence-corrected chi connectivity index (χ2v) is 9.08. The first-order valence-corrected chi connectivity index (χ1v) is 11.6. The van der Waals surface area contributed by atoms with Crippen molar-refractivity contribution in [2.75, 3.05) is 0 Å². The molecule has 0 unspecified atom stereocenters. The molecule has 0 atom stereocenters. The number of hydrogen-bond donors (Lipinski definition) is 0. The number of aromatic nitrogens is 2. The lowest BCUT2D eigenvalue weighted by molar-refractivity contribution is 0.620. The summed E-state index contributed by atoms with van der Waals surface area (Å²) in [7, 11) is 0. The van der Waals surface area contributed by atoms with Crippen LogP contribution in [0.1, 0.15) is 16.7 Å². The predicted molar refractivity (Wildman–Crippen MR) is 138 cm³/mol. The molecule has 6 rings (SSSR count). The van der Waals surface area contributed by atoms with Gasteiger partial charge in [-0.3, -0.25) is 0 Å². The topological polar surface area (TPSA) is 38.9 Å². The minimum atomic E-state index is 0.646. The number of benzene rings is 4. The molecule has 0 saturated heterocycles. The van der Waals surface area contributed by atoms with Crippen LogP contribution in [0.2, 0.25) is 0 Å². The zero-order chi connectivity index (χ0) is 22.2. The molecule has 6 aromatic rings. The highest BCUT2D eigenvalue weighted by Crippen LogP contribution is 2.31. The van der Waals surface area contributed by atoms with Gasteiger partial charge in [0, 0.05) is 11.1 Å². The summed E-state index contributed by atoms with van der Waals surface area (Å²) >= 11 is 1.73. The van der Waals surface area contributed by atoms with E-state index in [9.17, 15) is 0 Å². The molecular formula is C29H20N2OS. The van der Waals surface area contributed by atoms with Gasteiger partial charge in [0.25, 0.3) is 0 Å². The van der Waals surface area contributed by atoms with Crippen LogP contribution in [0.5, 0.6) is 0 Å². The van der Waals surface area contributed by atoms with Crippen LogP contribution >= 0.6 is 11.3 Å². The normalized spacial score (nSPS) is 11.7. The number of hydrogen-bond acceptors (Lipinski definition) is 4. The fourth-order valence-electron chi connectivity index (χ4n) is 3.82. The molecule has 3 nitrogen and oxygen atoms in total. The van der Waals surface area contributed by atoms with Gasteiger partial charge in [-0.05, 0) is 60.0 Å². The molecule has 0 saturated carbocycles. The molecule has 2 aromatic heterocycles. The average Bonchev–Trinajstić information content (AvgIpc) is 3.47. The van der Waals surface area contributed by atoms with E-state index in [1.54, 1.807) is 11.3 Å². The van der Waals surface area contributed by atoms with Crippen LogP contribution in [0.15, 0.2) is 95.4 Å². The van der Waals surface area contributed by atoms with Crippen LogP contribution in [0.25, 0.3) is 55.5 Å². The van der Waals surface area contributed by atoms with Crippen LogP contribution in [0.3, 0.4) is 0 Å². The Morgan fingerprint density at radius 1 is 0.697 bits per heavy atom. The van der Waals surface area contributed by atoms with E-state index in [4.69, 9.17) is 9.40 Å². The number of fused-ring (bicyclic) bond motifs is 2. The second-order valence-electron chi connectivity index (χ2n) is 8.05. The van der Waals surface area contributed by atoms with Crippen molar-refractivity contribution < 1.29 is 4.42 Å². The van der Waals surface area contributed by atoms with Crippen molar-refractivity contribution in [3.05, 3.63) is 108 Å². The third-order valence-electron chi connectivity index (χ3n) is 5.62. The molecule has 33 heavy (non-hydrogen) atoms. The quantitative estimate of drug-likeness (QED) is 0.257. The van der Waals surface area contributed by atoms with Gasteiger partial charge in [0.1, 0.15) is 10.5 Å². The van der Waals surface area contributed by atoms with E-state index in [0.29, 0.717) is 5.89 Å². The van der Waals surface area contributed by atoms with Gasteiger partial charge in [0.15, 0.2) is 5.58 Å². The van der Waals surface area contributed by atoms with Crippen molar-refractivity contribution in [2.24, 2.45) is 0 Å². The van der Waals surface area contributed by atoms with Gasteiger partial charge in [-0.1, -0.05) is 66.7 Å². The van der Waals surface area contributed by atoms with E-state index in [-0.39, 0.29) is 0 Å². The van der Waals surface area contributed by atoms with Gasteiger partial charge in [-0.2, -0.15) is 0 Å². The van der Waals surface area contributed by atoms with E-state index in [0.717, 1.165) is 43.9 Å². The number of rotatable bonds is 4. The van der Waals surface area contributed by atoms with E-state index >= 15 is 0 Å². The van der Waals surface area contributed by atoms with E-state index in [2.05, 4.69) is 78.7 Å². The average molecular weight is 445 g/mol. The molecule has 0 radical (unpaired) electrons. The summed E-state index contributed by atoms with van der Waals surface area (Å²) in [6.45, 7) is 2.10. The Balaban J connectivity index is 1.19. The first-order valence-electron chi connectivity index (χ1n) is 10.8. The lowest BCUT2D eigenvalue weighted by Crippen LogP contribution is -1.79. The molecule has 0 N–H and O–H groups in total. The zero-order valence-electron chi connectivity index (χ0n) is 18.0. The molecule has 0 aliphatic heterocycles. The second kappa shape index (κ2) is 8.15. The van der Waals surface area contributed by atoms with Crippen molar-refractivity contribution in [3.8, 4) is 22.0 Å². The predicted octanol–water partition coefficient (Wildman–Crippen LogP) is 8.25. The fourth-order valence-corrected chi connectivity index (χ4v) is 4.77. The van der Waals surface area contributed by atoms with Gasteiger partial charge >= 0.3 is 0 Å². The van der Waals surface area contributed by atoms with E-state index in [1.807, 2.05) is 36.4 Å². The molecule has 0 amide bonds. The van der Waals surface area contributed by atoms with Crippen molar-refractivity contribution in [1.82, 2.24) is 9.97 Å². The van der Waals surface area contributed by atoms with Gasteiger partial charge in [0.2, 0.25) is 5.89 Å². The first-order chi connectivity index (χ1) is 16.2. The standard InChI is InChI=1S/C29H20N2OS/c1-19-6-17-27-25(18-19)31-29(33-27)23-15-11-21(12-16-23)8-7-20-9-13-22(14-10-20)28-30-24-4-2-3-5-26(24)32-28/h2-18H,1H3. The van der Waals surface area contributed by atoms with Gasteiger partial charge in [-0.15, -0.1) is 11.3 Å². The summed E-state index contributed by atoms with van der Waals surface area (Å²) in [5.74, 6) is 0.646. The highest BCUT2D eigenvalue weighted by atomic mass is 32.1. The Morgan fingerprint density at radius 3 is 2.12 bits per heavy atom. The summed E-state index contributed by atoms with van der Waals surface area (Å²) in [6.07, 6.45) is 4.24. The fraction of sp³-hybridized carbons (Fsp3) is 0.0345. The lowest BCUT2D eigenvalue weighted by Gasteiger charge is -1.99. The summed E-state index contributed by atoms with van der Waals surface area (Å²) in [4.78, 5) is 9.37. The number of para-hydroxylation sites is 2. The molecule has 4 aromatic carbocycles. The van der Waals surface area contributed by atoms with Crippen LogP contribution in [0, 0.1) is 6.92 Å². The van der Waals surface area contributed by atoms with Crippen LogP contribution in [-0.2, 0) is 0 Å². The molecule has 0 spiro atoms. The van der Waals surface area contributed by atoms with Crippen LogP contribution < -0.4 is 0 Å². The number of aryl methyl sites for hydroxylation is 1. The molecule has 4 heteroatoms. The summed E-state index contributed by atoms with van der Waals surface area (Å²) in [5.41, 5.74) is 8.38. The smallest absolute Gasteiger partial charge is 0.227 e. The van der Waals surface area contributed by atoms with Crippen molar-refractivity contribution in [2.45, 2.75) is 6.92 Å². The van der Waals surface area contributed by atoms with Crippen LogP contribution in [0.4, 0.5) is 0 Å². The Hall–Kier alpha value is -4.02. The first kappa shape index (κ1) is 19.6. The minimum Gasteiger partial charge on any atom is -0.436 e. The van der Waals surface area contributed by atoms with E-state index in [1.165, 1.54) is 10.3 Å². The highest BCUT2D eigenvalue weighted by Gasteiger charge is 2.08. The van der Waals surface area contributed by atoms with Crippen molar-refractivity contribution >= 4 is 44.8 Å². The van der Waals surface area contributed by atoms with Gasteiger partial charge in [0.05, 0.1) is 10.2 Å². The van der Waals surface area contributed by atoms with Crippen LogP contribution in [-0.4, -0.2) is 9.97 Å². The summed E-state index contributed by atoms with van der Waals surface area (Å²) < 4.78 is 7.09. The Labute approximate surface area is 195 Å². The monoisotopic (exact) mass is 444 g/mol. The SMILES string of the molecule is Cc1ccc2sc(-c3ccc(C=Cc4ccc(-c5nc6ccccc6o5)cc4)cc3)nc2c1. The summed E-state index contributed by atoms with van der Waals surface area (Å²) in [6, 6.07) is 31.0. The Morgan fingerprint density at radius 2 is 1.39 bits per heavy atom. The lowest BCUT2D eigenvalue weighted by atomic mass is 10.1. The van der Waals surface area contributed by atoms with Crippen molar-refractivity contribution in [1.29, 1.82) is 0 Å². The maximum atomic E-state index is 5.86. The molecule has 0 fully saturated rings. The number of thiazole rings is 1. The minimum absolute atomic E-state index is 0.646. The molecule has 0 aliphatic rings. The molecule has 158 valence electrons. The maximum absolute atomic E-state index is 5.86. The highest BCUT2D eigenvalue weighted by molar-refractivity contribution is 7.21. The van der Waals surface area contributed by atoms with Gasteiger partial charge < -0.3 is 4.42 Å². The van der Waals surface area contributed by atoms with E-state index < -0.39 is 0 Å². The Kier molecular flexibility index (Phi) is 4.85. The Bertz CT molecular complexity index is 1570. The largest absolute Gasteiger partial charge is 0.436 e. The molecule has 0 bridgehead atoms.